The molecule has 0 bridgehead atoms. The van der Waals surface area contributed by atoms with Gasteiger partial charge in [0.25, 0.3) is 5.91 Å². The highest BCUT2D eigenvalue weighted by molar-refractivity contribution is 5.95. The van der Waals surface area contributed by atoms with Gasteiger partial charge in [-0.25, -0.2) is 0 Å². The molecule has 4 rings (SSSR count). The molecule has 2 unspecified atom stereocenters. The van der Waals surface area contributed by atoms with E-state index in [2.05, 4.69) is 12.1 Å². The molecule has 1 N–H and O–H groups in total. The van der Waals surface area contributed by atoms with E-state index in [4.69, 9.17) is 18.9 Å². The number of amides is 1. The summed E-state index contributed by atoms with van der Waals surface area (Å²) in [4.78, 5) is 15.0. The number of likely N-dealkylation sites (tertiary alicyclic amines) is 1. The second kappa shape index (κ2) is 8.49. The Labute approximate surface area is 182 Å². The zero-order valence-corrected chi connectivity index (χ0v) is 18.2. The minimum absolute atomic E-state index is 0.0931. The largest absolute Gasteiger partial charge is 0.493 e. The summed E-state index contributed by atoms with van der Waals surface area (Å²) in [7, 11) is 1.53. The minimum Gasteiger partial charge on any atom is -0.493 e. The average molecular weight is 427 g/mol. The quantitative estimate of drug-likeness (QED) is 0.764. The summed E-state index contributed by atoms with van der Waals surface area (Å²) in [6, 6.07) is 15.2. The van der Waals surface area contributed by atoms with Crippen LogP contribution < -0.4 is 9.47 Å². The van der Waals surface area contributed by atoms with Crippen molar-refractivity contribution in [2.24, 2.45) is 0 Å². The molecule has 2 saturated heterocycles. The maximum atomic E-state index is 13.2. The molecule has 0 saturated carbocycles. The van der Waals surface area contributed by atoms with E-state index in [0.717, 1.165) is 5.56 Å². The van der Waals surface area contributed by atoms with Gasteiger partial charge < -0.3 is 29.0 Å². The Kier molecular flexibility index (Phi) is 5.92. The van der Waals surface area contributed by atoms with Gasteiger partial charge in [-0.05, 0) is 37.6 Å². The Bertz CT molecular complexity index is 925. The number of benzene rings is 2. The lowest BCUT2D eigenvalue weighted by molar-refractivity contribution is -0.0439. The molecule has 2 aliphatic heterocycles. The molecule has 2 aromatic rings. The van der Waals surface area contributed by atoms with Crippen molar-refractivity contribution in [3.05, 3.63) is 59.7 Å². The smallest absolute Gasteiger partial charge is 0.254 e. The van der Waals surface area contributed by atoms with Gasteiger partial charge in [0.1, 0.15) is 25.1 Å². The van der Waals surface area contributed by atoms with Crippen LogP contribution in [0, 0.1) is 0 Å². The fourth-order valence-electron chi connectivity index (χ4n) is 4.15. The molecule has 2 aliphatic rings. The number of carbonyl (C=O) groups excluding carboxylic acids is 1. The number of methoxy groups -OCH3 is 1. The lowest BCUT2D eigenvalue weighted by Crippen LogP contribution is -2.53. The molecule has 7 nitrogen and oxygen atoms in total. The lowest BCUT2D eigenvalue weighted by Gasteiger charge is -2.42. The first-order chi connectivity index (χ1) is 14.8. The van der Waals surface area contributed by atoms with Gasteiger partial charge in [0.05, 0.1) is 19.3 Å². The number of piperidine rings is 1. The summed E-state index contributed by atoms with van der Waals surface area (Å²) in [6.45, 7) is 4.68. The number of hydrogen-bond donors (Lipinski definition) is 1. The number of ether oxygens (including phenoxy) is 4. The first kappa shape index (κ1) is 21.6. The third-order valence-electron chi connectivity index (χ3n) is 5.79. The van der Waals surface area contributed by atoms with E-state index in [1.54, 1.807) is 36.9 Å². The molecule has 2 atom stereocenters. The molecule has 2 heterocycles. The van der Waals surface area contributed by atoms with Gasteiger partial charge in [0.2, 0.25) is 0 Å². The topological polar surface area (TPSA) is 77.5 Å². The van der Waals surface area contributed by atoms with E-state index in [9.17, 15) is 9.90 Å². The molecule has 31 heavy (non-hydrogen) atoms. The first-order valence-corrected chi connectivity index (χ1v) is 10.5. The summed E-state index contributed by atoms with van der Waals surface area (Å²) in [5.74, 6) is 0.839. The predicted molar refractivity (Wildman–Crippen MR) is 114 cm³/mol. The fraction of sp³-hybridized carbons (Fsp3) is 0.458. The standard InChI is InChI=1S/C24H29NO6/c1-23(2,27)15-29-19-10-9-17(13-20(19)28-3)22(26)25-12-11-24(18-7-5-4-6-8-18)21(14-25)30-16-31-24/h4-10,13,21,27H,11-12,14-16H2,1-3H3. The first-order valence-electron chi connectivity index (χ1n) is 10.5. The van der Waals surface area contributed by atoms with Gasteiger partial charge in [0, 0.05) is 18.5 Å². The van der Waals surface area contributed by atoms with Crippen LogP contribution in [0.1, 0.15) is 36.2 Å². The molecule has 2 aromatic carbocycles. The van der Waals surface area contributed by atoms with Gasteiger partial charge in [-0.2, -0.15) is 0 Å². The summed E-state index contributed by atoms with van der Waals surface area (Å²) < 4.78 is 23.0. The third kappa shape index (κ3) is 4.39. The molecular formula is C24H29NO6. The molecule has 7 heteroatoms. The van der Waals surface area contributed by atoms with Crippen LogP contribution in [0.5, 0.6) is 11.5 Å². The van der Waals surface area contributed by atoms with Crippen LogP contribution in [0.2, 0.25) is 0 Å². The van der Waals surface area contributed by atoms with Crippen molar-refractivity contribution >= 4 is 5.91 Å². The van der Waals surface area contributed by atoms with E-state index < -0.39 is 11.2 Å². The molecule has 2 fully saturated rings. The number of fused-ring (bicyclic) bond motifs is 1. The SMILES string of the molecule is COc1cc(C(=O)N2CCC3(c4ccccc4)OCOC3C2)ccc1OCC(C)(C)O. The Morgan fingerprint density at radius 1 is 1.23 bits per heavy atom. The Morgan fingerprint density at radius 3 is 2.71 bits per heavy atom. The van der Waals surface area contributed by atoms with Crippen molar-refractivity contribution in [1.29, 1.82) is 0 Å². The van der Waals surface area contributed by atoms with Crippen LogP contribution in [0.3, 0.4) is 0 Å². The van der Waals surface area contributed by atoms with Gasteiger partial charge in [0.15, 0.2) is 11.5 Å². The van der Waals surface area contributed by atoms with Crippen LogP contribution in [0.15, 0.2) is 48.5 Å². The van der Waals surface area contributed by atoms with Crippen molar-refractivity contribution < 1.29 is 28.8 Å². The van der Waals surface area contributed by atoms with Gasteiger partial charge >= 0.3 is 0 Å². The zero-order chi connectivity index (χ0) is 22.1. The molecule has 0 aliphatic carbocycles. The number of carbonyl (C=O) groups is 1. The third-order valence-corrected chi connectivity index (χ3v) is 5.79. The van der Waals surface area contributed by atoms with Crippen molar-refractivity contribution in [3.63, 3.8) is 0 Å². The molecule has 166 valence electrons. The van der Waals surface area contributed by atoms with Crippen molar-refractivity contribution in [2.45, 2.75) is 37.6 Å². The number of aliphatic hydroxyl groups is 1. The summed E-state index contributed by atoms with van der Waals surface area (Å²) in [5, 5.41) is 9.88. The molecule has 0 radical (unpaired) electrons. The highest BCUT2D eigenvalue weighted by atomic mass is 16.7. The zero-order valence-electron chi connectivity index (χ0n) is 18.2. The summed E-state index contributed by atoms with van der Waals surface area (Å²) in [6.07, 6.45) is 0.445. The van der Waals surface area contributed by atoms with Crippen molar-refractivity contribution in [3.8, 4) is 11.5 Å². The van der Waals surface area contributed by atoms with Crippen LogP contribution in [0.25, 0.3) is 0 Å². The average Bonchev–Trinajstić information content (AvgIpc) is 3.21. The maximum absolute atomic E-state index is 13.2. The van der Waals surface area contributed by atoms with E-state index in [1.165, 1.54) is 7.11 Å². The van der Waals surface area contributed by atoms with E-state index in [0.29, 0.717) is 36.6 Å². The second-order valence-electron chi connectivity index (χ2n) is 8.64. The second-order valence-corrected chi connectivity index (χ2v) is 8.64. The summed E-state index contributed by atoms with van der Waals surface area (Å²) in [5.41, 5.74) is 0.116. The van der Waals surface area contributed by atoms with Crippen LogP contribution in [-0.4, -0.2) is 61.2 Å². The molecular weight excluding hydrogens is 398 g/mol. The number of nitrogens with zero attached hydrogens (tertiary/aromatic N) is 1. The normalized spacial score (nSPS) is 23.4. The van der Waals surface area contributed by atoms with E-state index >= 15 is 0 Å². The van der Waals surface area contributed by atoms with Crippen molar-refractivity contribution in [2.75, 3.05) is 33.6 Å². The fourth-order valence-corrected chi connectivity index (χ4v) is 4.15. The van der Waals surface area contributed by atoms with Crippen LogP contribution >= 0.6 is 0 Å². The predicted octanol–water partition coefficient (Wildman–Crippen LogP) is 2.96. The van der Waals surface area contributed by atoms with E-state index in [1.807, 2.05) is 18.2 Å². The highest BCUT2D eigenvalue weighted by Gasteiger charge is 2.51. The molecule has 0 spiro atoms. The monoisotopic (exact) mass is 427 g/mol. The van der Waals surface area contributed by atoms with E-state index in [-0.39, 0.29) is 25.4 Å². The Morgan fingerprint density at radius 2 is 2.00 bits per heavy atom. The Hall–Kier alpha value is -2.61. The Balaban J connectivity index is 1.49. The molecule has 1 amide bonds. The maximum Gasteiger partial charge on any atom is 0.254 e. The highest BCUT2D eigenvalue weighted by Crippen LogP contribution is 2.42. The molecule has 0 aromatic heterocycles. The van der Waals surface area contributed by atoms with Gasteiger partial charge in [-0.15, -0.1) is 0 Å². The van der Waals surface area contributed by atoms with Gasteiger partial charge in [-0.1, -0.05) is 30.3 Å². The van der Waals surface area contributed by atoms with Crippen LogP contribution in [0.4, 0.5) is 0 Å². The van der Waals surface area contributed by atoms with Gasteiger partial charge in [-0.3, -0.25) is 4.79 Å². The number of hydrogen-bond acceptors (Lipinski definition) is 6. The van der Waals surface area contributed by atoms with Crippen LogP contribution in [-0.2, 0) is 15.1 Å². The van der Waals surface area contributed by atoms with Crippen molar-refractivity contribution in [1.82, 2.24) is 4.90 Å². The number of rotatable bonds is 6. The summed E-state index contributed by atoms with van der Waals surface area (Å²) >= 11 is 0. The minimum atomic E-state index is -0.970. The lowest BCUT2D eigenvalue weighted by atomic mass is 9.82.